The Morgan fingerprint density at radius 1 is 0.648 bits per heavy atom. The second-order valence-corrected chi connectivity index (χ2v) is 17.4. The first-order valence-corrected chi connectivity index (χ1v) is 20.7. The molecule has 0 bridgehead atoms. The number of methoxy groups -OCH3 is 1. The molecule has 4 aromatic heterocycles. The van der Waals surface area contributed by atoms with E-state index in [1.165, 1.54) is 22.6 Å². The molecule has 2 aliphatic heterocycles. The van der Waals surface area contributed by atoms with Crippen molar-refractivity contribution in [1.82, 2.24) is 39.0 Å². The molecule has 2 fully saturated rings. The Morgan fingerprint density at radius 2 is 1.07 bits per heavy atom. The molecule has 0 amide bonds. The maximum Gasteiger partial charge on any atom is 0.490 e. The van der Waals surface area contributed by atoms with Crippen LogP contribution in [0.5, 0.6) is 0 Å². The Bertz CT molecular complexity index is 2210. The van der Waals surface area contributed by atoms with E-state index in [0.717, 1.165) is 19.0 Å². The SMILES string of the molecule is CO[C@@H]1[C@H](O)[C@@H](COP(=O)(O)OP(=O)(O)OP(=O)(O)OP(=O)(O)OC[C@H]2O[C@@H](n3cnc4c(N)ncnc43)[C@H](O)[C@@H]2O)O[C@H]1n1cnc2c(N)ncnc21. The molecule has 12 atom stereocenters. The van der Waals surface area contributed by atoms with Crippen LogP contribution in [0.1, 0.15) is 12.5 Å². The highest BCUT2D eigenvalue weighted by Gasteiger charge is 2.50. The number of aromatic nitrogens is 8. The number of hydrogen-bond donors (Lipinski definition) is 9. The van der Waals surface area contributed by atoms with E-state index in [2.05, 4.69) is 51.9 Å². The fraction of sp³-hybridized carbons (Fsp3) is 0.524. The lowest BCUT2D eigenvalue weighted by molar-refractivity contribution is -0.0577. The van der Waals surface area contributed by atoms with Gasteiger partial charge in [-0.05, 0) is 0 Å². The van der Waals surface area contributed by atoms with Crippen molar-refractivity contribution >= 4 is 65.3 Å². The van der Waals surface area contributed by atoms with E-state index in [4.69, 9.17) is 25.7 Å². The van der Waals surface area contributed by atoms with Crippen molar-refractivity contribution in [3.63, 3.8) is 0 Å². The summed E-state index contributed by atoms with van der Waals surface area (Å²) in [6.45, 7) is -2.12. The van der Waals surface area contributed by atoms with Crippen molar-refractivity contribution < 1.29 is 89.3 Å². The van der Waals surface area contributed by atoms with E-state index in [0.29, 0.717) is 0 Å². The van der Waals surface area contributed by atoms with Crippen LogP contribution in [0, 0.1) is 0 Å². The van der Waals surface area contributed by atoms with Crippen molar-refractivity contribution in [3.8, 4) is 0 Å². The second-order valence-electron chi connectivity index (χ2n) is 11.2. The van der Waals surface area contributed by atoms with Gasteiger partial charge in [-0.25, -0.2) is 48.2 Å². The number of nitrogen functional groups attached to an aromatic ring is 2. The number of nitrogens with two attached hydrogens (primary N) is 2. The normalized spacial score (nSPS) is 30.6. The molecule has 33 heteroatoms. The van der Waals surface area contributed by atoms with E-state index in [1.54, 1.807) is 0 Å². The predicted octanol–water partition coefficient (Wildman–Crippen LogP) is -1.79. The van der Waals surface area contributed by atoms with Crippen molar-refractivity contribution in [3.05, 3.63) is 25.3 Å². The first-order chi connectivity index (χ1) is 25.2. The third-order valence-corrected chi connectivity index (χ3v) is 13.6. The summed E-state index contributed by atoms with van der Waals surface area (Å²) < 4.78 is 89.6. The Hall–Kier alpha value is -2.98. The van der Waals surface area contributed by atoms with E-state index < -0.39 is 93.6 Å². The Morgan fingerprint density at radius 3 is 1.56 bits per heavy atom. The standard InChI is InChI=1S/C21H30N10O19P4/c1-43-15-13(33)9(47-21(15)31-7-29-11-17(23)25-5-27-19(11)31)3-45-52(37,38)49-54(41,42)50-53(39,40)48-51(35,36)44-2-8-12(32)14(34)20(46-8)30-6-28-10-16(22)24-4-26-18(10)30/h4-9,12-15,20-21,32-34H,2-3H2,1H3,(H,35,36)(H,37,38)(H,39,40)(H,41,42)(H2,22,24,26)(H2,23,25,27)/t8-,9-,12-,13-,14-,15-,20-,21-/m1/s1. The van der Waals surface area contributed by atoms with Gasteiger partial charge in [0.25, 0.3) is 0 Å². The average molecular weight is 850 g/mol. The van der Waals surface area contributed by atoms with Crippen LogP contribution in [0.4, 0.5) is 11.6 Å². The number of imidazole rings is 2. The van der Waals surface area contributed by atoms with Gasteiger partial charge in [-0.3, -0.25) is 18.2 Å². The number of phosphoric ester groups is 2. The van der Waals surface area contributed by atoms with E-state index >= 15 is 0 Å². The van der Waals surface area contributed by atoms with E-state index in [9.17, 15) is 53.2 Å². The highest BCUT2D eigenvalue weighted by molar-refractivity contribution is 7.69. The van der Waals surface area contributed by atoms with E-state index in [1.807, 2.05) is 0 Å². The zero-order chi connectivity index (χ0) is 39.4. The third-order valence-electron chi connectivity index (χ3n) is 7.67. The number of aliphatic hydroxyl groups excluding tert-OH is 3. The summed E-state index contributed by atoms with van der Waals surface area (Å²) in [5.74, 6) is 0.0219. The molecule has 6 heterocycles. The van der Waals surface area contributed by atoms with Crippen LogP contribution >= 0.6 is 31.3 Å². The minimum Gasteiger partial charge on any atom is -0.387 e. The fourth-order valence-corrected chi connectivity index (χ4v) is 10.3. The smallest absolute Gasteiger partial charge is 0.387 e. The second kappa shape index (κ2) is 15.2. The first-order valence-electron chi connectivity index (χ1n) is 14.7. The van der Waals surface area contributed by atoms with Gasteiger partial charge in [0.1, 0.15) is 60.3 Å². The van der Waals surface area contributed by atoms with Gasteiger partial charge in [0.2, 0.25) is 0 Å². The highest BCUT2D eigenvalue weighted by Crippen LogP contribution is 2.71. The summed E-state index contributed by atoms with van der Waals surface area (Å²) in [5.41, 5.74) is 12.1. The lowest BCUT2D eigenvalue weighted by Gasteiger charge is -2.21. The van der Waals surface area contributed by atoms with Crippen LogP contribution in [0.15, 0.2) is 25.3 Å². The zero-order valence-corrected chi connectivity index (χ0v) is 30.5. The third kappa shape index (κ3) is 8.54. The van der Waals surface area contributed by atoms with Gasteiger partial charge in [0.05, 0.1) is 25.9 Å². The van der Waals surface area contributed by atoms with Crippen LogP contribution in [0.25, 0.3) is 22.3 Å². The topological polar surface area (TPSA) is 423 Å². The molecule has 0 aromatic carbocycles. The van der Waals surface area contributed by atoms with Gasteiger partial charge in [0, 0.05) is 7.11 Å². The molecular formula is C21H30N10O19P4. The summed E-state index contributed by atoms with van der Waals surface area (Å²) in [6, 6.07) is 0. The fourth-order valence-electron chi connectivity index (χ4n) is 5.35. The summed E-state index contributed by atoms with van der Waals surface area (Å²) >= 11 is 0. The lowest BCUT2D eigenvalue weighted by atomic mass is 10.1. The van der Waals surface area contributed by atoms with Crippen LogP contribution in [0.3, 0.4) is 0 Å². The minimum absolute atomic E-state index is 0.00968. The van der Waals surface area contributed by atoms with Crippen molar-refractivity contribution in [2.75, 3.05) is 31.8 Å². The molecular weight excluding hydrogens is 820 g/mol. The average Bonchev–Trinajstić information content (AvgIpc) is 3.82. The Kier molecular flexibility index (Phi) is 11.4. The quantitative estimate of drug-likeness (QED) is 0.0596. The molecule has 4 unspecified atom stereocenters. The molecule has 0 spiro atoms. The molecule has 2 aliphatic rings. The molecule has 0 saturated carbocycles. The number of hydrogen-bond acceptors (Lipinski definition) is 23. The Labute approximate surface area is 299 Å². The molecule has 11 N–H and O–H groups in total. The minimum atomic E-state index is -6.18. The summed E-state index contributed by atoms with van der Waals surface area (Å²) in [6.07, 6.45) is -7.24. The lowest BCUT2D eigenvalue weighted by Crippen LogP contribution is -2.35. The molecule has 6 rings (SSSR count). The monoisotopic (exact) mass is 850 g/mol. The van der Waals surface area contributed by atoms with Gasteiger partial charge in [-0.1, -0.05) is 0 Å². The number of ether oxygens (including phenoxy) is 3. The number of fused-ring (bicyclic) bond motifs is 2. The number of phosphoric acid groups is 4. The number of rotatable bonds is 15. The Balaban J connectivity index is 1.02. The van der Waals surface area contributed by atoms with Crippen molar-refractivity contribution in [2.24, 2.45) is 0 Å². The number of anilines is 2. The number of nitrogens with zero attached hydrogens (tertiary/aromatic N) is 8. The summed E-state index contributed by atoms with van der Waals surface area (Å²) in [4.78, 5) is 63.5. The maximum atomic E-state index is 12.5. The maximum absolute atomic E-state index is 12.5. The van der Waals surface area contributed by atoms with Crippen LogP contribution in [0.2, 0.25) is 0 Å². The molecule has 54 heavy (non-hydrogen) atoms. The summed E-state index contributed by atoms with van der Waals surface area (Å²) in [7, 11) is -22.6. The first kappa shape index (κ1) is 40.7. The van der Waals surface area contributed by atoms with Gasteiger partial charge in [-0.15, -0.1) is 0 Å². The van der Waals surface area contributed by atoms with Gasteiger partial charge >= 0.3 is 31.3 Å². The predicted molar refractivity (Wildman–Crippen MR) is 171 cm³/mol. The van der Waals surface area contributed by atoms with Crippen LogP contribution in [-0.2, 0) is 54.5 Å². The zero-order valence-electron chi connectivity index (χ0n) is 26.9. The molecule has 0 radical (unpaired) electrons. The number of aliphatic hydroxyl groups is 3. The molecule has 29 nitrogen and oxygen atoms in total. The molecule has 298 valence electrons. The van der Waals surface area contributed by atoms with Gasteiger partial charge < -0.3 is 60.6 Å². The summed E-state index contributed by atoms with van der Waals surface area (Å²) in [5, 5.41) is 31.7. The van der Waals surface area contributed by atoms with Crippen LogP contribution in [-0.4, -0.2) is 131 Å². The van der Waals surface area contributed by atoms with Gasteiger partial charge in [-0.2, -0.15) is 12.9 Å². The highest BCUT2D eigenvalue weighted by atomic mass is 31.3. The molecule has 0 aliphatic carbocycles. The van der Waals surface area contributed by atoms with E-state index in [-0.39, 0.29) is 34.0 Å². The molecule has 4 aromatic rings. The van der Waals surface area contributed by atoms with Crippen molar-refractivity contribution in [1.29, 1.82) is 0 Å². The largest absolute Gasteiger partial charge is 0.490 e. The van der Waals surface area contributed by atoms with Gasteiger partial charge in [0.15, 0.2) is 35.4 Å². The molecule has 2 saturated heterocycles. The van der Waals surface area contributed by atoms with Crippen molar-refractivity contribution in [2.45, 2.75) is 49.1 Å². The van der Waals surface area contributed by atoms with Crippen LogP contribution < -0.4 is 11.5 Å².